The van der Waals surface area contributed by atoms with Gasteiger partial charge in [0.2, 0.25) is 10.0 Å². The van der Waals surface area contributed by atoms with Gasteiger partial charge in [-0.1, -0.05) is 42.1 Å². The van der Waals surface area contributed by atoms with Crippen LogP contribution in [0.15, 0.2) is 35.3 Å². The summed E-state index contributed by atoms with van der Waals surface area (Å²) in [6.07, 6.45) is 1.22. The smallest absolute Gasteiger partial charge is 0.233 e. The summed E-state index contributed by atoms with van der Waals surface area (Å²) in [6, 6.07) is 10.0. The molecule has 0 spiro atoms. The Kier molecular flexibility index (Phi) is 3.97. The van der Waals surface area contributed by atoms with Gasteiger partial charge >= 0.3 is 0 Å². The second-order valence-electron chi connectivity index (χ2n) is 4.17. The number of nitrogens with zero attached hydrogens (tertiary/aromatic N) is 2. The third-order valence-electron chi connectivity index (χ3n) is 2.72. The molecule has 4 nitrogen and oxygen atoms in total. The Morgan fingerprint density at radius 1 is 1.33 bits per heavy atom. The quantitative estimate of drug-likeness (QED) is 0.854. The number of hydrogen-bond donors (Lipinski definition) is 0. The fourth-order valence-electron chi connectivity index (χ4n) is 1.76. The van der Waals surface area contributed by atoms with Crippen LogP contribution in [-0.2, 0) is 10.0 Å². The number of hydrogen-bond acceptors (Lipinski definition) is 4. The molecule has 1 aliphatic rings. The molecule has 18 heavy (non-hydrogen) atoms. The molecule has 1 aliphatic heterocycles. The van der Waals surface area contributed by atoms with Crippen LogP contribution in [0.3, 0.4) is 0 Å². The number of sulfonamides is 1. The van der Waals surface area contributed by atoms with E-state index >= 15 is 0 Å². The van der Waals surface area contributed by atoms with Crippen LogP contribution < -0.4 is 0 Å². The van der Waals surface area contributed by atoms with Crippen molar-refractivity contribution >= 4 is 27.0 Å². The summed E-state index contributed by atoms with van der Waals surface area (Å²) in [5.41, 5.74) is 1.17. The van der Waals surface area contributed by atoms with E-state index in [4.69, 9.17) is 0 Å². The van der Waals surface area contributed by atoms with Gasteiger partial charge in [0, 0.05) is 5.25 Å². The lowest BCUT2D eigenvalue weighted by molar-refractivity contribution is 0.547. The van der Waals surface area contributed by atoms with Crippen molar-refractivity contribution in [2.75, 3.05) is 19.3 Å². The minimum absolute atomic E-state index is 0.187. The molecular weight excluding hydrogens is 268 g/mol. The van der Waals surface area contributed by atoms with Crippen molar-refractivity contribution in [3.63, 3.8) is 0 Å². The summed E-state index contributed by atoms with van der Waals surface area (Å²) in [4.78, 5) is 4.28. The van der Waals surface area contributed by atoms with Crippen molar-refractivity contribution in [3.8, 4) is 0 Å². The van der Waals surface area contributed by atoms with Gasteiger partial charge in [-0.05, 0) is 12.5 Å². The van der Waals surface area contributed by atoms with E-state index in [2.05, 4.69) is 11.9 Å². The maximum Gasteiger partial charge on any atom is 0.233 e. The highest BCUT2D eigenvalue weighted by Crippen LogP contribution is 2.32. The van der Waals surface area contributed by atoms with E-state index in [9.17, 15) is 8.42 Å². The summed E-state index contributed by atoms with van der Waals surface area (Å²) in [5, 5.41) is 0.793. The third kappa shape index (κ3) is 3.05. The summed E-state index contributed by atoms with van der Waals surface area (Å²) < 4.78 is 24.6. The average molecular weight is 284 g/mol. The molecule has 0 unspecified atom stereocenters. The van der Waals surface area contributed by atoms with Crippen LogP contribution in [0.5, 0.6) is 0 Å². The molecule has 0 bridgehead atoms. The molecule has 0 aliphatic carbocycles. The Bertz CT molecular complexity index is 540. The summed E-state index contributed by atoms with van der Waals surface area (Å²) >= 11 is 1.49. The van der Waals surface area contributed by atoms with E-state index in [0.717, 1.165) is 0 Å². The standard InChI is InChI=1S/C12H16N2O2S2/c1-10(11-6-4-3-5-7-11)17-12-13-8-9-14(12)18(2,15)16/h3-7,10H,8-9H2,1-2H3/t10-/m1/s1. The summed E-state index contributed by atoms with van der Waals surface area (Å²) in [5.74, 6) is 0. The van der Waals surface area contributed by atoms with Gasteiger partial charge in [0.05, 0.1) is 19.3 Å². The minimum Gasteiger partial charge on any atom is -0.260 e. The van der Waals surface area contributed by atoms with Gasteiger partial charge in [-0.3, -0.25) is 4.99 Å². The number of benzene rings is 1. The Morgan fingerprint density at radius 3 is 2.61 bits per heavy atom. The molecule has 98 valence electrons. The Labute approximate surface area is 112 Å². The zero-order chi connectivity index (χ0) is 13.2. The van der Waals surface area contributed by atoms with Crippen molar-refractivity contribution in [3.05, 3.63) is 35.9 Å². The summed E-state index contributed by atoms with van der Waals surface area (Å²) in [7, 11) is -3.20. The van der Waals surface area contributed by atoms with Gasteiger partial charge in [-0.2, -0.15) is 0 Å². The van der Waals surface area contributed by atoms with Crippen LogP contribution in [0.2, 0.25) is 0 Å². The van der Waals surface area contributed by atoms with Crippen molar-refractivity contribution in [1.29, 1.82) is 0 Å². The highest BCUT2D eigenvalue weighted by Gasteiger charge is 2.27. The monoisotopic (exact) mass is 284 g/mol. The van der Waals surface area contributed by atoms with E-state index in [1.54, 1.807) is 0 Å². The zero-order valence-corrected chi connectivity index (χ0v) is 12.0. The van der Waals surface area contributed by atoms with Gasteiger partial charge < -0.3 is 0 Å². The van der Waals surface area contributed by atoms with Crippen LogP contribution in [0.25, 0.3) is 0 Å². The third-order valence-corrected chi connectivity index (χ3v) is 5.17. The largest absolute Gasteiger partial charge is 0.260 e. The topological polar surface area (TPSA) is 49.7 Å². The van der Waals surface area contributed by atoms with E-state index in [1.807, 2.05) is 30.3 Å². The fourth-order valence-corrected chi connectivity index (χ4v) is 4.04. The molecule has 0 amide bonds. The first kappa shape index (κ1) is 13.4. The fraction of sp³-hybridized carbons (Fsp3) is 0.417. The molecule has 0 saturated heterocycles. The first-order valence-electron chi connectivity index (χ1n) is 5.72. The molecule has 1 atom stereocenters. The van der Waals surface area contributed by atoms with Gasteiger partial charge in [0.15, 0.2) is 5.17 Å². The normalized spacial score (nSPS) is 17.7. The molecule has 0 N–H and O–H groups in total. The Hall–Kier alpha value is -1.01. The highest BCUT2D eigenvalue weighted by molar-refractivity contribution is 8.15. The zero-order valence-electron chi connectivity index (χ0n) is 10.4. The van der Waals surface area contributed by atoms with Crippen LogP contribution in [0.1, 0.15) is 17.7 Å². The number of rotatable bonds is 3. The van der Waals surface area contributed by atoms with Crippen LogP contribution in [0, 0.1) is 0 Å². The molecule has 0 saturated carbocycles. The van der Waals surface area contributed by atoms with E-state index in [1.165, 1.54) is 27.9 Å². The van der Waals surface area contributed by atoms with E-state index in [-0.39, 0.29) is 5.25 Å². The molecule has 1 heterocycles. The SMILES string of the molecule is C[C@@H](SC1=NCCN1S(C)(=O)=O)c1ccccc1. The predicted molar refractivity (Wildman–Crippen MR) is 76.3 cm³/mol. The highest BCUT2D eigenvalue weighted by atomic mass is 32.2. The predicted octanol–water partition coefficient (Wildman–Crippen LogP) is 2.11. The lowest BCUT2D eigenvalue weighted by Gasteiger charge is -2.19. The van der Waals surface area contributed by atoms with Crippen molar-refractivity contribution in [2.24, 2.45) is 4.99 Å². The number of aliphatic imine (C=N–C) groups is 1. The molecule has 0 radical (unpaired) electrons. The summed E-state index contributed by atoms with van der Waals surface area (Å²) in [6.45, 7) is 3.07. The van der Waals surface area contributed by atoms with Crippen LogP contribution in [-0.4, -0.2) is 37.2 Å². The Balaban J connectivity index is 2.10. The van der Waals surface area contributed by atoms with Gasteiger partial charge in [-0.15, -0.1) is 0 Å². The minimum atomic E-state index is -3.20. The molecule has 2 rings (SSSR count). The second kappa shape index (κ2) is 5.32. The first-order valence-corrected chi connectivity index (χ1v) is 8.45. The van der Waals surface area contributed by atoms with Crippen molar-refractivity contribution in [2.45, 2.75) is 12.2 Å². The van der Waals surface area contributed by atoms with E-state index in [0.29, 0.717) is 18.3 Å². The van der Waals surface area contributed by atoms with Gasteiger partial charge in [0.25, 0.3) is 0 Å². The Morgan fingerprint density at radius 2 is 2.00 bits per heavy atom. The molecule has 6 heteroatoms. The lowest BCUT2D eigenvalue weighted by Crippen LogP contribution is -2.32. The molecule has 1 aromatic rings. The average Bonchev–Trinajstić information content (AvgIpc) is 2.78. The molecule has 0 aromatic heterocycles. The molecular formula is C12H16N2O2S2. The molecule has 0 fully saturated rings. The molecule has 1 aromatic carbocycles. The van der Waals surface area contributed by atoms with Crippen LogP contribution >= 0.6 is 11.8 Å². The van der Waals surface area contributed by atoms with Crippen molar-refractivity contribution < 1.29 is 8.42 Å². The maximum absolute atomic E-state index is 11.6. The van der Waals surface area contributed by atoms with Crippen LogP contribution in [0.4, 0.5) is 0 Å². The second-order valence-corrected chi connectivity index (χ2v) is 7.38. The maximum atomic E-state index is 11.6. The lowest BCUT2D eigenvalue weighted by atomic mass is 10.2. The number of thioether (sulfide) groups is 1. The first-order chi connectivity index (χ1) is 8.48. The van der Waals surface area contributed by atoms with Crippen molar-refractivity contribution in [1.82, 2.24) is 4.31 Å². The van der Waals surface area contributed by atoms with Gasteiger partial charge in [-0.25, -0.2) is 12.7 Å². The van der Waals surface area contributed by atoms with E-state index < -0.39 is 10.0 Å². The van der Waals surface area contributed by atoms with Gasteiger partial charge in [0.1, 0.15) is 0 Å². The number of amidine groups is 1.